The molecule has 7 nitrogen and oxygen atoms in total. The molecule has 2 heterocycles. The zero-order chi connectivity index (χ0) is 27.6. The zero-order valence-electron chi connectivity index (χ0n) is 22.0. The van der Waals surface area contributed by atoms with Gasteiger partial charge in [-0.3, -0.25) is 4.79 Å². The van der Waals surface area contributed by atoms with Gasteiger partial charge in [0.15, 0.2) is 5.60 Å². The van der Waals surface area contributed by atoms with Crippen molar-refractivity contribution in [1.82, 2.24) is 9.88 Å². The lowest BCUT2D eigenvalue weighted by Gasteiger charge is -2.37. The van der Waals surface area contributed by atoms with E-state index in [4.69, 9.17) is 9.47 Å². The van der Waals surface area contributed by atoms with Crippen LogP contribution in [0.1, 0.15) is 49.1 Å². The number of rotatable bonds is 8. The van der Waals surface area contributed by atoms with Gasteiger partial charge >= 0.3 is 6.09 Å². The summed E-state index contributed by atoms with van der Waals surface area (Å²) in [5, 5.41) is 13.5. The van der Waals surface area contributed by atoms with Crippen LogP contribution in [0.3, 0.4) is 0 Å². The Morgan fingerprint density at radius 3 is 2.28 bits per heavy atom. The highest BCUT2D eigenvalue weighted by atomic mass is 32.1. The minimum Gasteiger partial charge on any atom is -0.440 e. The van der Waals surface area contributed by atoms with Crippen molar-refractivity contribution in [2.75, 3.05) is 0 Å². The monoisotopic (exact) mass is 542 g/mol. The molecule has 5 rings (SSSR count). The third kappa shape index (κ3) is 5.23. The molecule has 0 spiro atoms. The molecule has 0 aliphatic carbocycles. The number of carbonyl (C=O) groups is 2. The van der Waals surface area contributed by atoms with Gasteiger partial charge < -0.3 is 14.6 Å². The van der Waals surface area contributed by atoms with Crippen LogP contribution in [0.25, 0.3) is 11.1 Å². The predicted octanol–water partition coefficient (Wildman–Crippen LogP) is 6.32. The summed E-state index contributed by atoms with van der Waals surface area (Å²) in [6.07, 6.45) is -0.648. The Kier molecular flexibility index (Phi) is 7.36. The Hall–Kier alpha value is -3.85. The minimum atomic E-state index is -1.83. The fourth-order valence-electron chi connectivity index (χ4n) is 4.89. The van der Waals surface area contributed by atoms with Crippen LogP contribution in [-0.4, -0.2) is 38.2 Å². The smallest absolute Gasteiger partial charge is 0.417 e. The molecular weight excluding hydrogens is 512 g/mol. The number of nitrogens with zero attached hydrogens (tertiary/aromatic N) is 2. The van der Waals surface area contributed by atoms with E-state index >= 15 is 0 Å². The average molecular weight is 543 g/mol. The average Bonchev–Trinajstić information content (AvgIpc) is 3.57. The number of imide groups is 1. The molecule has 1 aliphatic rings. The summed E-state index contributed by atoms with van der Waals surface area (Å²) in [5.74, 6) is -0.699. The maximum absolute atomic E-state index is 14.3. The second-order valence-electron chi connectivity index (χ2n) is 10.2. The predicted molar refractivity (Wildman–Crippen MR) is 149 cm³/mol. The van der Waals surface area contributed by atoms with Crippen LogP contribution in [0, 0.1) is 0 Å². The largest absolute Gasteiger partial charge is 0.440 e. The van der Waals surface area contributed by atoms with Crippen molar-refractivity contribution in [3.8, 4) is 11.1 Å². The zero-order valence-corrected chi connectivity index (χ0v) is 22.8. The van der Waals surface area contributed by atoms with Crippen LogP contribution in [0.15, 0.2) is 96.5 Å². The molecule has 3 aromatic carbocycles. The second-order valence-corrected chi connectivity index (χ2v) is 11.1. The number of aliphatic hydroxyl groups excluding tert-OH is 1. The summed E-state index contributed by atoms with van der Waals surface area (Å²) in [7, 11) is 0. The van der Waals surface area contributed by atoms with Gasteiger partial charge in [0.2, 0.25) is 0 Å². The summed E-state index contributed by atoms with van der Waals surface area (Å²) in [4.78, 5) is 32.7. The Morgan fingerprint density at radius 1 is 1.05 bits per heavy atom. The molecule has 0 unspecified atom stereocenters. The van der Waals surface area contributed by atoms with Gasteiger partial charge in [-0.05, 0) is 43.0 Å². The molecular formula is C31H30N2O5S. The lowest BCUT2D eigenvalue weighted by Crippen LogP contribution is -2.54. The van der Waals surface area contributed by atoms with E-state index in [1.165, 1.54) is 18.3 Å². The molecule has 4 aromatic rings. The SMILES string of the molecule is CC1(C)OC(=O)N(C(=O)[C@@](C)(OCc2ccc(-c3ccccc3)cc2)[C@@H](O)c2nccs2)[C@H]1c1ccccc1. The van der Waals surface area contributed by atoms with Crippen LogP contribution in [0.5, 0.6) is 0 Å². The first-order valence-corrected chi connectivity index (χ1v) is 13.6. The van der Waals surface area contributed by atoms with Gasteiger partial charge in [-0.1, -0.05) is 84.9 Å². The molecule has 8 heteroatoms. The van der Waals surface area contributed by atoms with E-state index in [-0.39, 0.29) is 6.61 Å². The molecule has 0 saturated carbocycles. The van der Waals surface area contributed by atoms with Crippen LogP contribution in [0.4, 0.5) is 4.79 Å². The first kappa shape index (κ1) is 26.7. The number of aromatic nitrogens is 1. The van der Waals surface area contributed by atoms with E-state index in [1.54, 1.807) is 25.4 Å². The van der Waals surface area contributed by atoms with Crippen molar-refractivity contribution < 1.29 is 24.2 Å². The Labute approximate surface area is 231 Å². The standard InChI is InChI=1S/C31H30N2O5S/c1-30(2)25(24-12-8-5-9-13-24)33(29(36)38-30)28(35)31(3,26(34)27-32-18-19-39-27)37-20-21-14-16-23(17-15-21)22-10-6-4-7-11-22/h4-19,25-26,34H,20H2,1-3H3/t25-,26-,31-/m0/s1. The number of hydrogen-bond donors (Lipinski definition) is 1. The lowest BCUT2D eigenvalue weighted by atomic mass is 9.89. The minimum absolute atomic E-state index is 0.0298. The summed E-state index contributed by atoms with van der Waals surface area (Å²) < 4.78 is 11.9. The normalized spacial score (nSPS) is 18.8. The van der Waals surface area contributed by atoms with Crippen molar-refractivity contribution in [3.05, 3.63) is 113 Å². The number of benzene rings is 3. The molecule has 2 amide bonds. The van der Waals surface area contributed by atoms with Crippen molar-refractivity contribution in [1.29, 1.82) is 0 Å². The number of ether oxygens (including phenoxy) is 2. The van der Waals surface area contributed by atoms with E-state index in [0.29, 0.717) is 5.01 Å². The Balaban J connectivity index is 1.46. The second kappa shape index (κ2) is 10.7. The van der Waals surface area contributed by atoms with E-state index in [9.17, 15) is 14.7 Å². The van der Waals surface area contributed by atoms with Crippen LogP contribution in [-0.2, 0) is 20.9 Å². The van der Waals surface area contributed by atoms with Crippen molar-refractivity contribution in [2.24, 2.45) is 0 Å². The molecule has 1 fully saturated rings. The lowest BCUT2D eigenvalue weighted by molar-refractivity contribution is -0.174. The van der Waals surface area contributed by atoms with Gasteiger partial charge in [0.25, 0.3) is 5.91 Å². The van der Waals surface area contributed by atoms with E-state index in [1.807, 2.05) is 84.9 Å². The molecule has 1 saturated heterocycles. The van der Waals surface area contributed by atoms with Gasteiger partial charge in [-0.15, -0.1) is 11.3 Å². The van der Waals surface area contributed by atoms with E-state index in [0.717, 1.165) is 27.2 Å². The van der Waals surface area contributed by atoms with Gasteiger partial charge in [0.05, 0.1) is 6.61 Å². The van der Waals surface area contributed by atoms with Crippen LogP contribution >= 0.6 is 11.3 Å². The topological polar surface area (TPSA) is 89.0 Å². The number of hydrogen-bond acceptors (Lipinski definition) is 7. The number of carbonyl (C=O) groups excluding carboxylic acids is 2. The third-order valence-electron chi connectivity index (χ3n) is 7.03. The molecule has 3 atom stereocenters. The fourth-order valence-corrected chi connectivity index (χ4v) is 5.63. The van der Waals surface area contributed by atoms with Crippen molar-refractivity contribution in [3.63, 3.8) is 0 Å². The molecule has 1 N–H and O–H groups in total. The van der Waals surface area contributed by atoms with Crippen molar-refractivity contribution in [2.45, 2.75) is 50.7 Å². The summed E-state index contributed by atoms with van der Waals surface area (Å²) in [6.45, 7) is 5.06. The number of cyclic esters (lactones) is 1. The molecule has 39 heavy (non-hydrogen) atoms. The van der Waals surface area contributed by atoms with Gasteiger partial charge in [0, 0.05) is 11.6 Å². The molecule has 0 bridgehead atoms. The van der Waals surface area contributed by atoms with E-state index < -0.39 is 35.3 Å². The number of thiazole rings is 1. The van der Waals surface area contributed by atoms with Crippen molar-refractivity contribution >= 4 is 23.3 Å². The summed E-state index contributed by atoms with van der Waals surface area (Å²) in [6, 6.07) is 26.3. The highest BCUT2D eigenvalue weighted by Crippen LogP contribution is 2.44. The molecule has 0 radical (unpaired) electrons. The highest BCUT2D eigenvalue weighted by molar-refractivity contribution is 7.09. The van der Waals surface area contributed by atoms with E-state index in [2.05, 4.69) is 4.98 Å². The Morgan fingerprint density at radius 2 is 1.67 bits per heavy atom. The molecule has 1 aromatic heterocycles. The first-order chi connectivity index (χ1) is 18.7. The fraction of sp³-hybridized carbons (Fsp3) is 0.258. The van der Waals surface area contributed by atoms with Gasteiger partial charge in [-0.2, -0.15) is 0 Å². The third-order valence-corrected chi connectivity index (χ3v) is 7.86. The number of amides is 2. The van der Waals surface area contributed by atoms with Crippen LogP contribution in [0.2, 0.25) is 0 Å². The Bertz CT molecular complexity index is 1430. The quantitative estimate of drug-likeness (QED) is 0.280. The first-order valence-electron chi connectivity index (χ1n) is 12.7. The van der Waals surface area contributed by atoms with Gasteiger partial charge in [0.1, 0.15) is 22.8 Å². The molecule has 200 valence electrons. The summed E-state index contributed by atoms with van der Waals surface area (Å²) >= 11 is 1.21. The van der Waals surface area contributed by atoms with Gasteiger partial charge in [-0.25, -0.2) is 14.7 Å². The summed E-state index contributed by atoms with van der Waals surface area (Å²) in [5.41, 5.74) is 0.866. The molecule has 1 aliphatic heterocycles. The van der Waals surface area contributed by atoms with Crippen LogP contribution < -0.4 is 0 Å². The maximum atomic E-state index is 14.3. The highest BCUT2D eigenvalue weighted by Gasteiger charge is 2.57. The number of aliphatic hydroxyl groups is 1. The maximum Gasteiger partial charge on any atom is 0.417 e.